The fraction of sp³-hybridized carbons (Fsp3) is 0.375. The number of rotatable bonds is 3. The van der Waals surface area contributed by atoms with Crippen molar-refractivity contribution in [1.82, 2.24) is 9.97 Å². The molecule has 0 saturated carbocycles. The molecule has 1 heterocycles. The maximum atomic E-state index is 11.9. The molecular formula is C16H20N2O3. The molecule has 0 unspecified atom stereocenters. The second kappa shape index (κ2) is 5.60. The number of aromatic amines is 1. The lowest BCUT2D eigenvalue weighted by Crippen LogP contribution is -2.22. The van der Waals surface area contributed by atoms with Crippen molar-refractivity contribution in [3.63, 3.8) is 0 Å². The number of ether oxygens (including phenoxy) is 2. The Morgan fingerprint density at radius 1 is 1.10 bits per heavy atom. The average Bonchev–Trinajstić information content (AvgIpc) is 2.45. The van der Waals surface area contributed by atoms with Crippen molar-refractivity contribution in [2.75, 3.05) is 14.2 Å². The van der Waals surface area contributed by atoms with Gasteiger partial charge in [0, 0.05) is 17.0 Å². The first-order valence-electron chi connectivity index (χ1n) is 6.69. The molecule has 1 aromatic carbocycles. The molecule has 2 aromatic rings. The summed E-state index contributed by atoms with van der Waals surface area (Å²) < 4.78 is 10.6. The minimum atomic E-state index is -0.249. The van der Waals surface area contributed by atoms with E-state index in [1.807, 2.05) is 26.8 Å². The third-order valence-electron chi connectivity index (χ3n) is 3.13. The largest absolute Gasteiger partial charge is 0.497 e. The molecule has 2 rings (SSSR count). The number of hydrogen-bond acceptors (Lipinski definition) is 4. The molecule has 0 aliphatic carbocycles. The van der Waals surface area contributed by atoms with E-state index in [4.69, 9.17) is 9.47 Å². The summed E-state index contributed by atoms with van der Waals surface area (Å²) in [7, 11) is 3.18. The van der Waals surface area contributed by atoms with Gasteiger partial charge in [0.1, 0.15) is 17.3 Å². The fourth-order valence-corrected chi connectivity index (χ4v) is 1.97. The van der Waals surface area contributed by atoms with E-state index in [0.717, 1.165) is 5.56 Å². The lowest BCUT2D eigenvalue weighted by molar-refractivity contribution is 0.404. The van der Waals surface area contributed by atoms with Gasteiger partial charge >= 0.3 is 0 Å². The van der Waals surface area contributed by atoms with Crippen molar-refractivity contribution in [2.24, 2.45) is 0 Å². The Labute approximate surface area is 124 Å². The highest BCUT2D eigenvalue weighted by atomic mass is 16.5. The van der Waals surface area contributed by atoms with Gasteiger partial charge < -0.3 is 14.5 Å². The molecule has 0 spiro atoms. The predicted molar refractivity (Wildman–Crippen MR) is 82.1 cm³/mol. The lowest BCUT2D eigenvalue weighted by Gasteiger charge is -2.18. The van der Waals surface area contributed by atoms with Crippen LogP contribution < -0.4 is 15.0 Å². The molecule has 1 N–H and O–H groups in total. The van der Waals surface area contributed by atoms with E-state index in [2.05, 4.69) is 9.97 Å². The normalized spacial score (nSPS) is 11.3. The van der Waals surface area contributed by atoms with Crippen LogP contribution in [0.25, 0.3) is 11.3 Å². The van der Waals surface area contributed by atoms with Gasteiger partial charge in [0.05, 0.1) is 19.9 Å². The summed E-state index contributed by atoms with van der Waals surface area (Å²) in [4.78, 5) is 19.3. The van der Waals surface area contributed by atoms with Gasteiger partial charge in [-0.15, -0.1) is 0 Å². The molecule has 0 bridgehead atoms. The third kappa shape index (κ3) is 3.24. The molecule has 0 fully saturated rings. The molecule has 5 heteroatoms. The molecule has 0 atom stereocenters. The molecule has 112 valence electrons. The zero-order valence-corrected chi connectivity index (χ0v) is 13.0. The number of aromatic nitrogens is 2. The SMILES string of the molecule is COc1ccc(OC)c(-c2cc(=O)[nH]c(C(C)(C)C)n2)c1. The summed E-state index contributed by atoms with van der Waals surface area (Å²) in [6, 6.07) is 6.88. The summed E-state index contributed by atoms with van der Waals surface area (Å²) >= 11 is 0. The van der Waals surface area contributed by atoms with Crippen molar-refractivity contribution in [3.8, 4) is 22.8 Å². The van der Waals surface area contributed by atoms with Gasteiger partial charge in [0.2, 0.25) is 0 Å². The van der Waals surface area contributed by atoms with Gasteiger partial charge in [0.25, 0.3) is 5.56 Å². The van der Waals surface area contributed by atoms with Gasteiger partial charge in [-0.2, -0.15) is 0 Å². The van der Waals surface area contributed by atoms with Crippen molar-refractivity contribution in [1.29, 1.82) is 0 Å². The smallest absolute Gasteiger partial charge is 0.251 e. The minimum absolute atomic E-state index is 0.185. The number of H-pyrrole nitrogens is 1. The van der Waals surface area contributed by atoms with E-state index >= 15 is 0 Å². The maximum absolute atomic E-state index is 11.9. The van der Waals surface area contributed by atoms with E-state index in [0.29, 0.717) is 23.0 Å². The Hall–Kier alpha value is -2.30. The molecule has 0 saturated heterocycles. The van der Waals surface area contributed by atoms with E-state index in [1.54, 1.807) is 26.4 Å². The summed E-state index contributed by atoms with van der Waals surface area (Å²) in [5.74, 6) is 1.97. The standard InChI is InChI=1S/C16H20N2O3/c1-16(2,3)15-17-12(9-14(19)18-15)11-8-10(20-4)6-7-13(11)21-5/h6-9H,1-5H3,(H,17,18,19). The van der Waals surface area contributed by atoms with Crippen LogP contribution in [0, 0.1) is 0 Å². The first kappa shape index (κ1) is 15.1. The van der Waals surface area contributed by atoms with Gasteiger partial charge in [-0.25, -0.2) is 4.98 Å². The Kier molecular flexibility index (Phi) is 4.02. The van der Waals surface area contributed by atoms with Gasteiger partial charge in [-0.3, -0.25) is 4.79 Å². The molecule has 21 heavy (non-hydrogen) atoms. The summed E-state index contributed by atoms with van der Waals surface area (Å²) in [6.07, 6.45) is 0. The number of hydrogen-bond donors (Lipinski definition) is 1. The Balaban J connectivity index is 2.66. The number of methoxy groups -OCH3 is 2. The van der Waals surface area contributed by atoms with Crippen LogP contribution in [0.3, 0.4) is 0 Å². The minimum Gasteiger partial charge on any atom is -0.497 e. The number of nitrogens with one attached hydrogen (secondary N) is 1. The van der Waals surface area contributed by atoms with E-state index in [1.165, 1.54) is 6.07 Å². The highest BCUT2D eigenvalue weighted by Gasteiger charge is 2.19. The van der Waals surface area contributed by atoms with Crippen LogP contribution in [-0.2, 0) is 5.41 Å². The molecule has 0 aliphatic rings. The molecule has 0 radical (unpaired) electrons. The zero-order valence-electron chi connectivity index (χ0n) is 13.0. The zero-order chi connectivity index (χ0) is 15.6. The number of nitrogens with zero attached hydrogens (tertiary/aromatic N) is 1. The third-order valence-corrected chi connectivity index (χ3v) is 3.13. The summed E-state index contributed by atoms with van der Waals surface area (Å²) in [5.41, 5.74) is 0.865. The van der Waals surface area contributed by atoms with Crippen LogP contribution in [-0.4, -0.2) is 24.2 Å². The molecule has 0 aliphatic heterocycles. The number of benzene rings is 1. The topological polar surface area (TPSA) is 64.2 Å². The first-order chi connectivity index (χ1) is 9.85. The van der Waals surface area contributed by atoms with Gasteiger partial charge in [-0.05, 0) is 18.2 Å². The van der Waals surface area contributed by atoms with Crippen LogP contribution in [0.5, 0.6) is 11.5 Å². The second-order valence-electron chi connectivity index (χ2n) is 5.80. The molecular weight excluding hydrogens is 268 g/mol. The summed E-state index contributed by atoms with van der Waals surface area (Å²) in [5, 5.41) is 0. The lowest BCUT2D eigenvalue weighted by atomic mass is 9.95. The van der Waals surface area contributed by atoms with Crippen molar-refractivity contribution < 1.29 is 9.47 Å². The Morgan fingerprint density at radius 3 is 2.38 bits per heavy atom. The molecule has 0 amide bonds. The molecule has 5 nitrogen and oxygen atoms in total. The quantitative estimate of drug-likeness (QED) is 0.943. The van der Waals surface area contributed by atoms with Crippen LogP contribution in [0.1, 0.15) is 26.6 Å². The van der Waals surface area contributed by atoms with E-state index < -0.39 is 0 Å². The van der Waals surface area contributed by atoms with Crippen molar-refractivity contribution in [2.45, 2.75) is 26.2 Å². The summed E-state index contributed by atoms with van der Waals surface area (Å²) in [6.45, 7) is 5.99. The van der Waals surface area contributed by atoms with Crippen LogP contribution in [0.2, 0.25) is 0 Å². The second-order valence-corrected chi connectivity index (χ2v) is 5.80. The highest BCUT2D eigenvalue weighted by molar-refractivity contribution is 5.69. The van der Waals surface area contributed by atoms with E-state index in [9.17, 15) is 4.79 Å². The van der Waals surface area contributed by atoms with Gasteiger partial charge in [0.15, 0.2) is 0 Å². The average molecular weight is 288 g/mol. The Bertz CT molecular complexity index is 699. The monoisotopic (exact) mass is 288 g/mol. The first-order valence-corrected chi connectivity index (χ1v) is 6.69. The highest BCUT2D eigenvalue weighted by Crippen LogP contribution is 2.32. The van der Waals surface area contributed by atoms with E-state index in [-0.39, 0.29) is 11.0 Å². The maximum Gasteiger partial charge on any atom is 0.251 e. The van der Waals surface area contributed by atoms with Crippen molar-refractivity contribution in [3.05, 3.63) is 40.4 Å². The van der Waals surface area contributed by atoms with Crippen LogP contribution in [0.4, 0.5) is 0 Å². The van der Waals surface area contributed by atoms with Crippen molar-refractivity contribution >= 4 is 0 Å². The van der Waals surface area contributed by atoms with Crippen LogP contribution in [0.15, 0.2) is 29.1 Å². The predicted octanol–water partition coefficient (Wildman–Crippen LogP) is 2.75. The van der Waals surface area contributed by atoms with Gasteiger partial charge in [-0.1, -0.05) is 20.8 Å². The molecule has 1 aromatic heterocycles. The Morgan fingerprint density at radius 2 is 1.81 bits per heavy atom. The van der Waals surface area contributed by atoms with Crippen LogP contribution >= 0.6 is 0 Å². The fourth-order valence-electron chi connectivity index (χ4n) is 1.97.